The largest absolute Gasteiger partial charge is 0.441 e. The van der Waals surface area contributed by atoms with Crippen molar-refractivity contribution in [1.29, 1.82) is 0 Å². The van der Waals surface area contributed by atoms with E-state index >= 15 is 0 Å². The number of halogens is 2. The fourth-order valence-corrected chi connectivity index (χ4v) is 3.28. The number of hydrogen-bond acceptors (Lipinski definition) is 2. The Morgan fingerprint density at radius 2 is 1.79 bits per heavy atom. The van der Waals surface area contributed by atoms with Gasteiger partial charge in [-0.15, -0.1) is 0 Å². The second kappa shape index (κ2) is 5.89. The lowest BCUT2D eigenvalue weighted by atomic mass is 9.71. The molecule has 1 atom stereocenters. The van der Waals surface area contributed by atoms with Crippen molar-refractivity contribution in [1.82, 2.24) is 0 Å². The number of amides is 1. The van der Waals surface area contributed by atoms with Gasteiger partial charge < -0.3 is 10.5 Å². The number of rotatable bonds is 2. The second-order valence-electron chi connectivity index (χ2n) is 6.85. The van der Waals surface area contributed by atoms with Crippen molar-refractivity contribution in [3.8, 4) is 11.1 Å². The molecule has 0 radical (unpaired) electrons. The summed E-state index contributed by atoms with van der Waals surface area (Å²) < 4.78 is 31.9. The minimum absolute atomic E-state index is 0.217. The SMILES string of the molecule is CC1(C)CCc2cc(-c3ccc(F)c(F)c3)ccc2C1OC(N)=O. The van der Waals surface area contributed by atoms with Crippen LogP contribution in [0.5, 0.6) is 0 Å². The third kappa shape index (κ3) is 2.98. The Morgan fingerprint density at radius 3 is 2.46 bits per heavy atom. The van der Waals surface area contributed by atoms with E-state index in [0.29, 0.717) is 5.56 Å². The van der Waals surface area contributed by atoms with Crippen molar-refractivity contribution in [2.24, 2.45) is 11.1 Å². The van der Waals surface area contributed by atoms with Crippen LogP contribution in [0.15, 0.2) is 36.4 Å². The molecular formula is C19H19F2NO2. The number of ether oxygens (including phenoxy) is 1. The quantitative estimate of drug-likeness (QED) is 0.864. The number of nitrogens with two attached hydrogens (primary N) is 1. The fraction of sp³-hybridized carbons (Fsp3) is 0.316. The van der Waals surface area contributed by atoms with E-state index < -0.39 is 23.8 Å². The summed E-state index contributed by atoms with van der Waals surface area (Å²) in [5.41, 5.74) is 8.34. The van der Waals surface area contributed by atoms with Crippen molar-refractivity contribution in [3.63, 3.8) is 0 Å². The summed E-state index contributed by atoms with van der Waals surface area (Å²) in [6.07, 6.45) is 0.431. The van der Waals surface area contributed by atoms with Crippen molar-refractivity contribution in [2.75, 3.05) is 0 Å². The van der Waals surface area contributed by atoms with E-state index in [9.17, 15) is 13.6 Å². The average molecular weight is 331 g/mol. The molecule has 1 aliphatic carbocycles. The number of carbonyl (C=O) groups is 1. The summed E-state index contributed by atoms with van der Waals surface area (Å²) in [4.78, 5) is 11.2. The maximum Gasteiger partial charge on any atom is 0.405 e. The Labute approximate surface area is 139 Å². The minimum atomic E-state index is -0.874. The van der Waals surface area contributed by atoms with Crippen LogP contribution < -0.4 is 5.73 Å². The molecule has 3 nitrogen and oxygen atoms in total. The third-order valence-corrected chi connectivity index (χ3v) is 4.66. The molecule has 2 N–H and O–H groups in total. The summed E-state index contributed by atoms with van der Waals surface area (Å²) in [5, 5.41) is 0. The topological polar surface area (TPSA) is 52.3 Å². The third-order valence-electron chi connectivity index (χ3n) is 4.66. The van der Waals surface area contributed by atoms with Gasteiger partial charge in [-0.25, -0.2) is 13.6 Å². The first-order chi connectivity index (χ1) is 11.3. The normalized spacial score (nSPS) is 18.8. The zero-order valence-corrected chi connectivity index (χ0v) is 13.6. The number of aryl methyl sites for hydroxylation is 1. The Balaban J connectivity index is 2.02. The van der Waals surface area contributed by atoms with Crippen LogP contribution in [0.25, 0.3) is 11.1 Å². The molecule has 24 heavy (non-hydrogen) atoms. The molecule has 2 aromatic carbocycles. The van der Waals surface area contributed by atoms with Gasteiger partial charge in [0, 0.05) is 5.41 Å². The Hall–Kier alpha value is -2.43. The molecule has 1 unspecified atom stereocenters. The van der Waals surface area contributed by atoms with E-state index in [1.807, 2.05) is 32.0 Å². The summed E-state index contributed by atoms with van der Waals surface area (Å²) in [7, 11) is 0. The van der Waals surface area contributed by atoms with Crippen LogP contribution in [0.3, 0.4) is 0 Å². The van der Waals surface area contributed by atoms with Crippen LogP contribution in [0, 0.1) is 17.0 Å². The van der Waals surface area contributed by atoms with Gasteiger partial charge in [0.15, 0.2) is 11.6 Å². The van der Waals surface area contributed by atoms with E-state index in [-0.39, 0.29) is 5.41 Å². The van der Waals surface area contributed by atoms with Crippen molar-refractivity contribution >= 4 is 6.09 Å². The highest BCUT2D eigenvalue weighted by Crippen LogP contribution is 2.46. The molecule has 0 aliphatic heterocycles. The van der Waals surface area contributed by atoms with Crippen LogP contribution in [-0.4, -0.2) is 6.09 Å². The number of primary amides is 1. The molecule has 0 bridgehead atoms. The molecule has 0 aromatic heterocycles. The van der Waals surface area contributed by atoms with Crippen LogP contribution in [0.2, 0.25) is 0 Å². The predicted octanol–water partition coefficient (Wildman–Crippen LogP) is 4.74. The molecule has 1 amide bonds. The maximum absolute atomic E-state index is 13.5. The summed E-state index contributed by atoms with van der Waals surface area (Å²) in [6, 6.07) is 9.48. The highest BCUT2D eigenvalue weighted by Gasteiger charge is 2.38. The second-order valence-corrected chi connectivity index (χ2v) is 6.85. The Morgan fingerprint density at radius 1 is 1.12 bits per heavy atom. The van der Waals surface area contributed by atoms with Gasteiger partial charge in [-0.05, 0) is 47.2 Å². The lowest BCUT2D eigenvalue weighted by Gasteiger charge is -2.39. The van der Waals surface area contributed by atoms with E-state index in [2.05, 4.69) is 0 Å². The molecule has 0 fully saturated rings. The zero-order chi connectivity index (χ0) is 17.5. The monoisotopic (exact) mass is 331 g/mol. The molecular weight excluding hydrogens is 312 g/mol. The van der Waals surface area contributed by atoms with Gasteiger partial charge in [0.1, 0.15) is 6.10 Å². The highest BCUT2D eigenvalue weighted by atomic mass is 19.2. The van der Waals surface area contributed by atoms with Gasteiger partial charge in [0.05, 0.1) is 0 Å². The maximum atomic E-state index is 13.5. The van der Waals surface area contributed by atoms with Crippen molar-refractivity contribution in [3.05, 3.63) is 59.2 Å². The molecule has 5 heteroatoms. The smallest absolute Gasteiger partial charge is 0.405 e. The predicted molar refractivity (Wildman–Crippen MR) is 87.3 cm³/mol. The average Bonchev–Trinajstić information content (AvgIpc) is 2.52. The number of hydrogen-bond donors (Lipinski definition) is 1. The Kier molecular flexibility index (Phi) is 4.03. The molecule has 0 saturated heterocycles. The first-order valence-electron chi connectivity index (χ1n) is 7.82. The highest BCUT2D eigenvalue weighted by molar-refractivity contribution is 5.67. The molecule has 1 aliphatic rings. The summed E-state index contributed by atoms with van der Waals surface area (Å²) in [6.45, 7) is 4.07. The van der Waals surface area contributed by atoms with Gasteiger partial charge >= 0.3 is 6.09 Å². The van der Waals surface area contributed by atoms with Gasteiger partial charge in [-0.1, -0.05) is 38.1 Å². The molecule has 0 spiro atoms. The zero-order valence-electron chi connectivity index (χ0n) is 13.6. The minimum Gasteiger partial charge on any atom is -0.441 e. The van der Waals surface area contributed by atoms with Gasteiger partial charge in [0.2, 0.25) is 0 Å². The summed E-state index contributed by atoms with van der Waals surface area (Å²) in [5.74, 6) is -1.74. The van der Waals surface area contributed by atoms with Crippen molar-refractivity contribution < 1.29 is 18.3 Å². The van der Waals surface area contributed by atoms with Gasteiger partial charge in [0.25, 0.3) is 0 Å². The number of fused-ring (bicyclic) bond motifs is 1. The van der Waals surface area contributed by atoms with Crippen LogP contribution >= 0.6 is 0 Å². The van der Waals surface area contributed by atoms with Crippen LogP contribution in [0.4, 0.5) is 13.6 Å². The van der Waals surface area contributed by atoms with E-state index in [1.54, 1.807) is 6.07 Å². The van der Waals surface area contributed by atoms with Crippen LogP contribution in [0.1, 0.15) is 37.5 Å². The standard InChI is InChI=1S/C19H19F2NO2/c1-19(2)8-7-13-9-11(12-4-6-15(20)16(21)10-12)3-5-14(13)17(19)24-18(22)23/h3-6,9-10,17H,7-8H2,1-2H3,(H2,22,23). The van der Waals surface area contributed by atoms with E-state index in [4.69, 9.17) is 10.5 Å². The molecule has 0 saturated carbocycles. The Bertz CT molecular complexity index is 802. The molecule has 0 heterocycles. The summed E-state index contributed by atoms with van der Waals surface area (Å²) >= 11 is 0. The first kappa shape index (κ1) is 16.4. The lowest BCUT2D eigenvalue weighted by molar-refractivity contribution is 0.0147. The first-order valence-corrected chi connectivity index (χ1v) is 7.82. The molecule has 2 aromatic rings. The number of benzene rings is 2. The molecule has 3 rings (SSSR count). The van der Waals surface area contributed by atoms with Gasteiger partial charge in [-0.3, -0.25) is 0 Å². The van der Waals surface area contributed by atoms with Crippen LogP contribution in [-0.2, 0) is 11.2 Å². The fourth-order valence-electron chi connectivity index (χ4n) is 3.28. The lowest BCUT2D eigenvalue weighted by Crippen LogP contribution is -2.33. The van der Waals surface area contributed by atoms with Gasteiger partial charge in [-0.2, -0.15) is 0 Å². The van der Waals surface area contributed by atoms with Crippen molar-refractivity contribution in [2.45, 2.75) is 32.8 Å². The van der Waals surface area contributed by atoms with E-state index in [1.165, 1.54) is 6.07 Å². The van der Waals surface area contributed by atoms with E-state index in [0.717, 1.165) is 35.6 Å². The number of carbonyl (C=O) groups excluding carboxylic acids is 1. The molecule has 126 valence electrons.